The summed E-state index contributed by atoms with van der Waals surface area (Å²) in [6.07, 6.45) is 0. The van der Waals surface area contributed by atoms with E-state index in [1.165, 1.54) is 11.1 Å². The lowest BCUT2D eigenvalue weighted by atomic mass is 10.1. The van der Waals surface area contributed by atoms with Gasteiger partial charge < -0.3 is 10.2 Å². The zero-order valence-electron chi connectivity index (χ0n) is 14.8. The second-order valence-corrected chi connectivity index (χ2v) is 7.38. The van der Waals surface area contributed by atoms with E-state index in [-0.39, 0.29) is 0 Å². The molecule has 5 heteroatoms. The normalized spacial score (nSPS) is 15.2. The lowest BCUT2D eigenvalue weighted by Crippen LogP contribution is -2.49. The fourth-order valence-corrected chi connectivity index (χ4v) is 3.49. The van der Waals surface area contributed by atoms with Crippen molar-refractivity contribution in [1.82, 2.24) is 9.80 Å². The van der Waals surface area contributed by atoms with Crippen LogP contribution in [0.1, 0.15) is 16.7 Å². The van der Waals surface area contributed by atoms with E-state index in [9.17, 15) is 0 Å². The number of hydrogen-bond donors (Lipinski definition) is 1. The van der Waals surface area contributed by atoms with Gasteiger partial charge in [-0.25, -0.2) is 0 Å². The Labute approximate surface area is 160 Å². The van der Waals surface area contributed by atoms with Crippen molar-refractivity contribution in [2.24, 2.45) is 0 Å². The first-order valence-corrected chi connectivity index (χ1v) is 9.40. The first kappa shape index (κ1) is 18.2. The largest absolute Gasteiger partial charge is 0.346 e. The molecule has 1 aliphatic rings. The molecule has 1 heterocycles. The van der Waals surface area contributed by atoms with Gasteiger partial charge in [-0.05, 0) is 54.9 Å². The van der Waals surface area contributed by atoms with E-state index in [0.717, 1.165) is 54.1 Å². The molecule has 2 aromatic carbocycles. The van der Waals surface area contributed by atoms with Crippen LogP contribution in [0.5, 0.6) is 0 Å². The number of rotatable bonds is 3. The number of hydrogen-bond acceptors (Lipinski definition) is 2. The minimum atomic E-state index is 0.760. The number of anilines is 1. The molecule has 0 bridgehead atoms. The summed E-state index contributed by atoms with van der Waals surface area (Å²) in [5, 5.41) is 4.84. The lowest BCUT2D eigenvalue weighted by molar-refractivity contribution is 0.176. The fraction of sp³-hybridized carbons (Fsp3) is 0.350. The highest BCUT2D eigenvalue weighted by atomic mass is 35.5. The maximum Gasteiger partial charge on any atom is 0.173 e. The Morgan fingerprint density at radius 1 is 1.04 bits per heavy atom. The Morgan fingerprint density at radius 3 is 2.44 bits per heavy atom. The molecule has 1 aliphatic heterocycles. The molecule has 0 aromatic heterocycles. The molecule has 0 radical (unpaired) electrons. The molecular weight excluding hydrogens is 350 g/mol. The van der Waals surface area contributed by atoms with E-state index < -0.39 is 0 Å². The van der Waals surface area contributed by atoms with Crippen LogP contribution in [0.25, 0.3) is 0 Å². The molecule has 1 fully saturated rings. The van der Waals surface area contributed by atoms with Crippen LogP contribution in [0.2, 0.25) is 5.02 Å². The van der Waals surface area contributed by atoms with Crippen LogP contribution in [0.15, 0.2) is 42.5 Å². The average Bonchev–Trinajstić information content (AvgIpc) is 2.61. The van der Waals surface area contributed by atoms with Crippen LogP contribution in [0.4, 0.5) is 5.69 Å². The smallest absolute Gasteiger partial charge is 0.173 e. The van der Waals surface area contributed by atoms with Crippen molar-refractivity contribution in [3.05, 3.63) is 64.2 Å². The molecular formula is C20H24ClN3S. The Hall–Kier alpha value is -1.62. The minimum Gasteiger partial charge on any atom is -0.346 e. The van der Waals surface area contributed by atoms with Gasteiger partial charge >= 0.3 is 0 Å². The average molecular weight is 374 g/mol. The van der Waals surface area contributed by atoms with E-state index >= 15 is 0 Å². The Balaban J connectivity index is 1.52. The van der Waals surface area contributed by atoms with Gasteiger partial charge in [0.1, 0.15) is 0 Å². The van der Waals surface area contributed by atoms with Gasteiger partial charge in [-0.15, -0.1) is 0 Å². The zero-order chi connectivity index (χ0) is 17.8. The Morgan fingerprint density at radius 2 is 1.76 bits per heavy atom. The summed E-state index contributed by atoms with van der Waals surface area (Å²) in [7, 11) is 0. The molecule has 0 saturated carbocycles. The molecule has 132 valence electrons. The topological polar surface area (TPSA) is 18.5 Å². The fourth-order valence-electron chi connectivity index (χ4n) is 3.01. The summed E-state index contributed by atoms with van der Waals surface area (Å²) < 4.78 is 0. The van der Waals surface area contributed by atoms with Crippen LogP contribution < -0.4 is 5.32 Å². The van der Waals surface area contributed by atoms with Gasteiger partial charge in [-0.3, -0.25) is 4.90 Å². The predicted molar refractivity (Wildman–Crippen MR) is 110 cm³/mol. The minimum absolute atomic E-state index is 0.760. The third kappa shape index (κ3) is 4.72. The zero-order valence-corrected chi connectivity index (χ0v) is 16.3. The standard InChI is InChI=1S/C20H24ClN3S/c1-15-5-3-4-6-17(15)14-23-9-11-24(12-10-23)20(25)22-18-8-7-16(2)19(21)13-18/h3-8,13H,9-12,14H2,1-2H3,(H,22,25). The Bertz CT molecular complexity index is 754. The van der Waals surface area contributed by atoms with Crippen LogP contribution in [-0.2, 0) is 6.54 Å². The highest BCUT2D eigenvalue weighted by Gasteiger charge is 2.19. The number of thiocarbonyl (C=S) groups is 1. The molecule has 0 atom stereocenters. The Kier molecular flexibility index (Phi) is 5.94. The first-order chi connectivity index (χ1) is 12.0. The van der Waals surface area contributed by atoms with Crippen LogP contribution in [-0.4, -0.2) is 41.1 Å². The summed E-state index contributed by atoms with van der Waals surface area (Å²) >= 11 is 11.8. The molecule has 0 unspecified atom stereocenters. The van der Waals surface area contributed by atoms with E-state index in [1.54, 1.807) is 0 Å². The van der Waals surface area contributed by atoms with Crippen molar-refractivity contribution in [3.63, 3.8) is 0 Å². The van der Waals surface area contributed by atoms with Crippen molar-refractivity contribution >= 4 is 34.6 Å². The van der Waals surface area contributed by atoms with Crippen molar-refractivity contribution in [3.8, 4) is 0 Å². The quantitative estimate of drug-likeness (QED) is 0.799. The van der Waals surface area contributed by atoms with Gasteiger partial charge in [0.25, 0.3) is 0 Å². The molecule has 1 N–H and O–H groups in total. The van der Waals surface area contributed by atoms with Crippen molar-refractivity contribution in [2.75, 3.05) is 31.5 Å². The summed E-state index contributed by atoms with van der Waals surface area (Å²) in [6.45, 7) is 9.11. The first-order valence-electron chi connectivity index (χ1n) is 8.62. The molecule has 25 heavy (non-hydrogen) atoms. The molecule has 1 saturated heterocycles. The van der Waals surface area contributed by atoms with Gasteiger partial charge in [-0.1, -0.05) is 41.9 Å². The van der Waals surface area contributed by atoms with Gasteiger partial charge in [-0.2, -0.15) is 0 Å². The monoisotopic (exact) mass is 373 g/mol. The second-order valence-electron chi connectivity index (χ2n) is 6.58. The van der Waals surface area contributed by atoms with Crippen molar-refractivity contribution in [1.29, 1.82) is 0 Å². The van der Waals surface area contributed by atoms with Gasteiger partial charge in [0.05, 0.1) is 0 Å². The molecule has 0 amide bonds. The van der Waals surface area contributed by atoms with E-state index in [4.69, 9.17) is 23.8 Å². The molecule has 3 rings (SSSR count). The number of nitrogens with zero attached hydrogens (tertiary/aromatic N) is 2. The number of piperazine rings is 1. The maximum absolute atomic E-state index is 6.19. The summed E-state index contributed by atoms with van der Waals surface area (Å²) in [5.74, 6) is 0. The maximum atomic E-state index is 6.19. The molecule has 2 aromatic rings. The number of nitrogens with one attached hydrogen (secondary N) is 1. The van der Waals surface area contributed by atoms with Crippen LogP contribution >= 0.6 is 23.8 Å². The second kappa shape index (κ2) is 8.17. The van der Waals surface area contributed by atoms with E-state index in [1.807, 2.05) is 25.1 Å². The van der Waals surface area contributed by atoms with Crippen LogP contribution in [0.3, 0.4) is 0 Å². The highest BCUT2D eigenvalue weighted by molar-refractivity contribution is 7.80. The van der Waals surface area contributed by atoms with E-state index in [0.29, 0.717) is 0 Å². The van der Waals surface area contributed by atoms with Gasteiger partial charge in [0.2, 0.25) is 0 Å². The molecule has 3 nitrogen and oxygen atoms in total. The van der Waals surface area contributed by atoms with Crippen molar-refractivity contribution < 1.29 is 0 Å². The highest BCUT2D eigenvalue weighted by Crippen LogP contribution is 2.20. The third-order valence-corrected chi connectivity index (χ3v) is 5.51. The number of halogens is 1. The molecule has 0 aliphatic carbocycles. The summed E-state index contributed by atoms with van der Waals surface area (Å²) in [5.41, 5.74) is 4.79. The van der Waals surface area contributed by atoms with Crippen LogP contribution in [0, 0.1) is 13.8 Å². The third-order valence-electron chi connectivity index (χ3n) is 4.74. The number of benzene rings is 2. The predicted octanol–water partition coefficient (Wildman–Crippen LogP) is 4.47. The van der Waals surface area contributed by atoms with E-state index in [2.05, 4.69) is 46.3 Å². The molecule has 0 spiro atoms. The van der Waals surface area contributed by atoms with Gasteiger partial charge in [0, 0.05) is 43.4 Å². The van der Waals surface area contributed by atoms with Crippen molar-refractivity contribution in [2.45, 2.75) is 20.4 Å². The SMILES string of the molecule is Cc1ccc(NC(=S)N2CCN(Cc3ccccc3C)CC2)cc1Cl. The lowest BCUT2D eigenvalue weighted by Gasteiger charge is -2.36. The summed E-state index contributed by atoms with van der Waals surface area (Å²) in [6, 6.07) is 14.6. The summed E-state index contributed by atoms with van der Waals surface area (Å²) in [4.78, 5) is 4.72. The van der Waals surface area contributed by atoms with Gasteiger partial charge in [0.15, 0.2) is 5.11 Å². The number of aryl methyl sites for hydroxylation is 2.